The van der Waals surface area contributed by atoms with Gasteiger partial charge in [0.15, 0.2) is 11.9 Å². The molecule has 0 aliphatic heterocycles. The van der Waals surface area contributed by atoms with Crippen LogP contribution in [-0.4, -0.2) is 18.2 Å². The second-order valence-corrected chi connectivity index (χ2v) is 11.4. The smallest absolute Gasteiger partial charge is 0.307 e. The molecule has 0 amide bonds. The highest BCUT2D eigenvalue weighted by atomic mass is 79.9. The molecule has 0 heterocycles. The lowest BCUT2D eigenvalue weighted by Gasteiger charge is -2.26. The van der Waals surface area contributed by atoms with Crippen LogP contribution in [0.2, 0.25) is 0 Å². The molecule has 0 radical (unpaired) electrons. The van der Waals surface area contributed by atoms with Crippen LogP contribution >= 0.6 is 31.9 Å². The normalized spacial score (nSPS) is 11.8. The van der Waals surface area contributed by atoms with E-state index in [0.717, 1.165) is 16.7 Å². The topological polar surface area (TPSA) is 65.0 Å². The van der Waals surface area contributed by atoms with Gasteiger partial charge in [-0.05, 0) is 104 Å². The van der Waals surface area contributed by atoms with E-state index in [1.165, 1.54) is 12.1 Å². The van der Waals surface area contributed by atoms with Gasteiger partial charge in [-0.25, -0.2) is 4.39 Å². The Labute approximate surface area is 250 Å². The number of benzene rings is 4. The summed E-state index contributed by atoms with van der Waals surface area (Å²) in [4.78, 5) is 11.3. The molecule has 1 atom stereocenters. The molecule has 5 nitrogen and oxygen atoms in total. The predicted molar refractivity (Wildman–Crippen MR) is 160 cm³/mol. The van der Waals surface area contributed by atoms with Crippen LogP contribution in [0, 0.1) is 12.7 Å². The summed E-state index contributed by atoms with van der Waals surface area (Å²) < 4.78 is 33.8. The van der Waals surface area contributed by atoms with Crippen LogP contribution in [0.25, 0.3) is 0 Å². The molecule has 0 aromatic heterocycles. The third kappa shape index (κ3) is 7.04. The lowest BCUT2D eigenvalue weighted by Crippen LogP contribution is -2.12. The summed E-state index contributed by atoms with van der Waals surface area (Å²) in [7, 11) is 1.63. The van der Waals surface area contributed by atoms with Gasteiger partial charge >= 0.3 is 5.97 Å². The average molecular weight is 672 g/mol. The predicted octanol–water partition coefficient (Wildman–Crippen LogP) is 9.38. The number of aliphatic carboxylic acids is 1. The highest BCUT2D eigenvalue weighted by Gasteiger charge is 2.26. The first-order valence-corrected chi connectivity index (χ1v) is 14.2. The minimum Gasteiger partial charge on any atom is -0.496 e. The second kappa shape index (κ2) is 12.9. The standard InChI is InChI=1S/C32H29Br2FO5/c1-18(2)24-16-29(40-32-26(33)13-20(14-27(32)34)15-30(36)37)25(17-28(24)38-4)31(21-7-5-6-19(3)12-21)39-23-10-8-22(35)9-11-23/h5-14,16-18,31H,15H2,1-4H3,(H,36,37). The minimum atomic E-state index is -0.926. The van der Waals surface area contributed by atoms with E-state index in [0.29, 0.717) is 43.1 Å². The fourth-order valence-electron chi connectivity index (χ4n) is 4.40. The van der Waals surface area contributed by atoms with Gasteiger partial charge in [-0.15, -0.1) is 0 Å². The first-order chi connectivity index (χ1) is 19.0. The molecule has 0 aliphatic carbocycles. The summed E-state index contributed by atoms with van der Waals surface area (Å²) in [5.74, 6) is 1.05. The summed E-state index contributed by atoms with van der Waals surface area (Å²) in [5.41, 5.74) is 4.19. The Kier molecular flexibility index (Phi) is 9.53. The third-order valence-corrected chi connectivity index (χ3v) is 7.48. The monoisotopic (exact) mass is 670 g/mol. The Morgan fingerprint density at radius 2 is 1.57 bits per heavy atom. The van der Waals surface area contributed by atoms with Gasteiger partial charge in [0.05, 0.1) is 22.5 Å². The second-order valence-electron chi connectivity index (χ2n) is 9.71. The molecule has 4 rings (SSSR count). The Balaban J connectivity index is 1.91. The zero-order valence-corrected chi connectivity index (χ0v) is 25.7. The molecule has 1 N–H and O–H groups in total. The van der Waals surface area contributed by atoms with Gasteiger partial charge < -0.3 is 19.3 Å². The Bertz CT molecular complexity index is 1500. The molecule has 0 saturated carbocycles. The Hall–Kier alpha value is -3.36. The van der Waals surface area contributed by atoms with Crippen LogP contribution in [0.4, 0.5) is 4.39 Å². The van der Waals surface area contributed by atoms with Crippen LogP contribution in [0.1, 0.15) is 53.7 Å². The van der Waals surface area contributed by atoms with E-state index in [1.807, 2.05) is 43.3 Å². The zero-order chi connectivity index (χ0) is 29.0. The van der Waals surface area contributed by atoms with Gasteiger partial charge in [-0.3, -0.25) is 4.79 Å². The summed E-state index contributed by atoms with van der Waals surface area (Å²) in [5, 5.41) is 9.24. The van der Waals surface area contributed by atoms with E-state index in [4.69, 9.17) is 14.2 Å². The SMILES string of the molecule is COc1cc(C(Oc2ccc(F)cc2)c2cccc(C)c2)c(Oc2c(Br)cc(CC(=O)O)cc2Br)cc1C(C)C. The fourth-order valence-corrected chi connectivity index (χ4v) is 5.85. The molecule has 4 aromatic carbocycles. The average Bonchev–Trinajstić information content (AvgIpc) is 2.89. The van der Waals surface area contributed by atoms with Crippen molar-refractivity contribution in [3.8, 4) is 23.0 Å². The number of halogens is 3. The lowest BCUT2D eigenvalue weighted by atomic mass is 9.94. The fraction of sp³-hybridized carbons (Fsp3) is 0.219. The zero-order valence-electron chi connectivity index (χ0n) is 22.5. The molecule has 0 aliphatic rings. The van der Waals surface area contributed by atoms with E-state index in [-0.39, 0.29) is 18.2 Å². The maximum atomic E-state index is 13.7. The molecule has 208 valence electrons. The molecule has 0 fully saturated rings. The van der Waals surface area contributed by atoms with Crippen molar-refractivity contribution in [1.82, 2.24) is 0 Å². The van der Waals surface area contributed by atoms with Crippen LogP contribution in [0.15, 0.2) is 81.7 Å². The molecular weight excluding hydrogens is 643 g/mol. The number of carboxylic acid groups (broad SMARTS) is 1. The number of ether oxygens (including phenoxy) is 3. The van der Waals surface area contributed by atoms with Crippen molar-refractivity contribution in [1.29, 1.82) is 0 Å². The summed E-state index contributed by atoms with van der Waals surface area (Å²) >= 11 is 7.12. The van der Waals surface area contributed by atoms with E-state index in [1.54, 1.807) is 31.4 Å². The maximum Gasteiger partial charge on any atom is 0.307 e. The molecule has 0 bridgehead atoms. The molecule has 40 heavy (non-hydrogen) atoms. The number of carbonyl (C=O) groups is 1. The van der Waals surface area contributed by atoms with Crippen LogP contribution in [-0.2, 0) is 11.2 Å². The lowest BCUT2D eigenvalue weighted by molar-refractivity contribution is -0.136. The van der Waals surface area contributed by atoms with Crippen LogP contribution in [0.3, 0.4) is 0 Å². The van der Waals surface area contributed by atoms with Crippen molar-refractivity contribution in [2.24, 2.45) is 0 Å². The van der Waals surface area contributed by atoms with Crippen LogP contribution in [0.5, 0.6) is 23.0 Å². The summed E-state index contributed by atoms with van der Waals surface area (Å²) in [6.07, 6.45) is -0.747. The molecule has 0 spiro atoms. The van der Waals surface area contributed by atoms with Crippen LogP contribution < -0.4 is 14.2 Å². The Morgan fingerprint density at radius 1 is 0.925 bits per heavy atom. The Morgan fingerprint density at radius 3 is 2.15 bits per heavy atom. The van der Waals surface area contributed by atoms with Crippen molar-refractivity contribution in [2.75, 3.05) is 7.11 Å². The van der Waals surface area contributed by atoms with Gasteiger partial charge in [0.25, 0.3) is 0 Å². The van der Waals surface area contributed by atoms with Gasteiger partial charge in [0.2, 0.25) is 0 Å². The van der Waals surface area contributed by atoms with Crippen molar-refractivity contribution in [3.63, 3.8) is 0 Å². The first kappa shape index (κ1) is 29.6. The van der Waals surface area contributed by atoms with E-state index >= 15 is 0 Å². The number of hydrogen-bond donors (Lipinski definition) is 1. The van der Waals surface area contributed by atoms with E-state index in [9.17, 15) is 14.3 Å². The van der Waals surface area contributed by atoms with Gasteiger partial charge in [0.1, 0.15) is 23.1 Å². The first-order valence-electron chi connectivity index (χ1n) is 12.6. The van der Waals surface area contributed by atoms with Crippen molar-refractivity contribution in [2.45, 2.75) is 39.2 Å². The molecular formula is C32H29Br2FO5. The number of carboxylic acids is 1. The third-order valence-electron chi connectivity index (χ3n) is 6.30. The maximum absolute atomic E-state index is 13.7. The van der Waals surface area contributed by atoms with Crippen molar-refractivity contribution < 1.29 is 28.5 Å². The van der Waals surface area contributed by atoms with Crippen molar-refractivity contribution >= 4 is 37.8 Å². The van der Waals surface area contributed by atoms with E-state index in [2.05, 4.69) is 45.7 Å². The highest BCUT2D eigenvalue weighted by molar-refractivity contribution is 9.11. The van der Waals surface area contributed by atoms with Crippen molar-refractivity contribution in [3.05, 3.63) is 115 Å². The summed E-state index contributed by atoms with van der Waals surface area (Å²) in [6.45, 7) is 6.15. The van der Waals surface area contributed by atoms with Gasteiger partial charge in [0, 0.05) is 11.1 Å². The molecule has 1 unspecified atom stereocenters. The number of aryl methyl sites for hydroxylation is 1. The highest BCUT2D eigenvalue weighted by Crippen LogP contribution is 2.45. The molecule has 0 saturated heterocycles. The molecule has 8 heteroatoms. The summed E-state index contributed by atoms with van der Waals surface area (Å²) in [6, 6.07) is 21.2. The minimum absolute atomic E-state index is 0.121. The van der Waals surface area contributed by atoms with E-state index < -0.39 is 12.1 Å². The number of hydrogen-bond acceptors (Lipinski definition) is 4. The number of rotatable bonds is 10. The van der Waals surface area contributed by atoms with Gasteiger partial charge in [-0.2, -0.15) is 0 Å². The quantitative estimate of drug-likeness (QED) is 0.182. The molecule has 4 aromatic rings. The van der Waals surface area contributed by atoms with Gasteiger partial charge in [-0.1, -0.05) is 43.7 Å². The number of methoxy groups -OCH3 is 1. The largest absolute Gasteiger partial charge is 0.496 e.